The molecule has 0 amide bonds. The molecule has 2 aromatic carbocycles. The van der Waals surface area contributed by atoms with Crippen molar-refractivity contribution in [3.05, 3.63) is 57.9 Å². The van der Waals surface area contributed by atoms with E-state index in [1.165, 1.54) is 12.3 Å². The van der Waals surface area contributed by atoms with Crippen molar-refractivity contribution in [1.29, 1.82) is 0 Å². The summed E-state index contributed by atoms with van der Waals surface area (Å²) in [5.41, 5.74) is 2.39. The molecule has 0 fully saturated rings. The molecular weight excluding hydrogens is 415 g/mol. The predicted octanol–water partition coefficient (Wildman–Crippen LogP) is 5.37. The van der Waals surface area contributed by atoms with Crippen LogP contribution in [-0.4, -0.2) is 24.7 Å². The van der Waals surface area contributed by atoms with Crippen molar-refractivity contribution in [1.82, 2.24) is 4.98 Å². The quantitative estimate of drug-likeness (QED) is 0.548. The topological polar surface area (TPSA) is 60.5 Å². The van der Waals surface area contributed by atoms with E-state index in [1.807, 2.05) is 6.92 Å². The number of aromatic nitrogens is 1. The summed E-state index contributed by atoms with van der Waals surface area (Å²) in [5.74, 6) is -0.353. The van der Waals surface area contributed by atoms with E-state index in [9.17, 15) is 9.18 Å². The van der Waals surface area contributed by atoms with Gasteiger partial charge in [-0.1, -0.05) is 6.07 Å². The Bertz CT molecular complexity index is 1020. The molecule has 0 aliphatic carbocycles. The number of hydrogen-bond donors (Lipinski definition) is 1. The summed E-state index contributed by atoms with van der Waals surface area (Å²) in [5, 5.41) is 3.68. The lowest BCUT2D eigenvalue weighted by atomic mass is 10.1. The van der Waals surface area contributed by atoms with E-state index in [0.29, 0.717) is 26.8 Å². The molecule has 140 valence electrons. The number of hydrogen-bond acceptors (Lipinski definition) is 5. The van der Waals surface area contributed by atoms with Gasteiger partial charge in [-0.15, -0.1) is 0 Å². The van der Waals surface area contributed by atoms with Crippen LogP contribution >= 0.6 is 15.9 Å². The molecular formula is C20H18BrFN2O3. The van der Waals surface area contributed by atoms with Gasteiger partial charge in [-0.2, -0.15) is 0 Å². The summed E-state index contributed by atoms with van der Waals surface area (Å²) in [6.07, 6.45) is 1.42. The maximum atomic E-state index is 14.3. The normalized spacial score (nSPS) is 10.7. The summed E-state index contributed by atoms with van der Waals surface area (Å²) < 4.78 is 25.4. The zero-order valence-corrected chi connectivity index (χ0v) is 16.7. The first-order valence-corrected chi connectivity index (χ1v) is 9.10. The summed E-state index contributed by atoms with van der Waals surface area (Å²) in [6, 6.07) is 8.25. The van der Waals surface area contributed by atoms with E-state index >= 15 is 0 Å². The number of carbonyl (C=O) groups excluding carboxylic acids is 1. The molecule has 0 aliphatic heterocycles. The smallest absolute Gasteiger partial charge is 0.341 e. The van der Waals surface area contributed by atoms with Crippen molar-refractivity contribution in [3.63, 3.8) is 0 Å². The maximum absolute atomic E-state index is 14.3. The molecule has 1 N–H and O–H groups in total. The number of nitrogens with zero attached hydrogens (tertiary/aromatic N) is 1. The Morgan fingerprint density at radius 2 is 2.07 bits per heavy atom. The first-order chi connectivity index (χ1) is 12.9. The molecule has 0 bridgehead atoms. The number of anilines is 2. The highest BCUT2D eigenvalue weighted by Crippen LogP contribution is 2.36. The SMILES string of the molecule is CCOC(=O)c1cnc2cc(OC)c(Br)cc2c1Nc1cc(C)ccc1F. The van der Waals surface area contributed by atoms with Crippen molar-refractivity contribution >= 4 is 44.2 Å². The molecule has 1 aromatic heterocycles. The number of carbonyl (C=O) groups is 1. The molecule has 7 heteroatoms. The minimum absolute atomic E-state index is 0.224. The Hall–Kier alpha value is -2.67. The van der Waals surface area contributed by atoms with Crippen LogP contribution in [0.25, 0.3) is 10.9 Å². The fourth-order valence-electron chi connectivity index (χ4n) is 2.72. The lowest BCUT2D eigenvalue weighted by Crippen LogP contribution is -2.10. The minimum atomic E-state index is -0.533. The first-order valence-electron chi connectivity index (χ1n) is 8.31. The van der Waals surface area contributed by atoms with Crippen LogP contribution in [0.1, 0.15) is 22.8 Å². The lowest BCUT2D eigenvalue weighted by molar-refractivity contribution is 0.0527. The number of rotatable bonds is 5. The van der Waals surface area contributed by atoms with Crippen LogP contribution in [0.5, 0.6) is 5.75 Å². The maximum Gasteiger partial charge on any atom is 0.341 e. The second-order valence-corrected chi connectivity index (χ2v) is 6.73. The van der Waals surface area contributed by atoms with Gasteiger partial charge in [-0.3, -0.25) is 4.98 Å². The zero-order chi connectivity index (χ0) is 19.6. The monoisotopic (exact) mass is 432 g/mol. The molecule has 5 nitrogen and oxygen atoms in total. The van der Waals surface area contributed by atoms with E-state index in [0.717, 1.165) is 5.56 Å². The number of benzene rings is 2. The molecule has 0 radical (unpaired) electrons. The Balaban J connectivity index is 2.24. The molecule has 0 saturated heterocycles. The Morgan fingerprint density at radius 3 is 2.78 bits per heavy atom. The molecule has 27 heavy (non-hydrogen) atoms. The van der Waals surface area contributed by atoms with Gasteiger partial charge in [0, 0.05) is 17.6 Å². The molecule has 3 aromatic rings. The van der Waals surface area contributed by atoms with Crippen LogP contribution in [0.15, 0.2) is 41.0 Å². The fourth-order valence-corrected chi connectivity index (χ4v) is 3.22. The number of methoxy groups -OCH3 is 1. The minimum Gasteiger partial charge on any atom is -0.495 e. The van der Waals surface area contributed by atoms with Gasteiger partial charge in [0.25, 0.3) is 0 Å². The molecule has 0 unspecified atom stereocenters. The average Bonchev–Trinajstić information content (AvgIpc) is 2.64. The summed E-state index contributed by atoms with van der Waals surface area (Å²) in [6.45, 7) is 3.81. The number of ether oxygens (including phenoxy) is 2. The van der Waals surface area contributed by atoms with Crippen molar-refractivity contribution in [2.24, 2.45) is 0 Å². The van der Waals surface area contributed by atoms with Crippen LogP contribution in [0.4, 0.5) is 15.8 Å². The standard InChI is InChI=1S/C20H18BrFN2O3/c1-4-27-20(25)13-10-23-16-9-18(26-3)14(21)8-12(16)19(13)24-17-7-11(2)5-6-15(17)22/h5-10H,4H2,1-3H3,(H,23,24). The first kappa shape index (κ1) is 19.1. The van der Waals surface area contributed by atoms with Crippen LogP contribution in [0.2, 0.25) is 0 Å². The molecule has 0 spiro atoms. The summed E-state index contributed by atoms with van der Waals surface area (Å²) >= 11 is 3.44. The Kier molecular flexibility index (Phi) is 5.60. The van der Waals surface area contributed by atoms with Gasteiger partial charge in [0.1, 0.15) is 17.1 Å². The van der Waals surface area contributed by atoms with E-state index in [-0.39, 0.29) is 17.9 Å². The largest absolute Gasteiger partial charge is 0.495 e. The number of halogens is 2. The van der Waals surface area contributed by atoms with E-state index in [2.05, 4.69) is 26.2 Å². The second kappa shape index (κ2) is 7.92. The lowest BCUT2D eigenvalue weighted by Gasteiger charge is -2.16. The van der Waals surface area contributed by atoms with Gasteiger partial charge in [-0.05, 0) is 53.5 Å². The average molecular weight is 433 g/mol. The fraction of sp³-hybridized carbons (Fsp3) is 0.200. The zero-order valence-electron chi connectivity index (χ0n) is 15.1. The van der Waals surface area contributed by atoms with Gasteiger partial charge in [0.2, 0.25) is 0 Å². The van der Waals surface area contributed by atoms with Gasteiger partial charge >= 0.3 is 5.97 Å². The van der Waals surface area contributed by atoms with E-state index in [4.69, 9.17) is 9.47 Å². The van der Waals surface area contributed by atoms with Crippen LogP contribution in [-0.2, 0) is 4.74 Å². The van der Waals surface area contributed by atoms with E-state index in [1.54, 1.807) is 38.3 Å². The van der Waals surface area contributed by atoms with Crippen LogP contribution in [0, 0.1) is 12.7 Å². The van der Waals surface area contributed by atoms with Crippen LogP contribution < -0.4 is 10.1 Å². The van der Waals surface area contributed by atoms with E-state index < -0.39 is 11.8 Å². The Labute approximate surface area is 164 Å². The highest BCUT2D eigenvalue weighted by molar-refractivity contribution is 9.10. The van der Waals surface area contributed by atoms with Crippen molar-refractivity contribution in [2.45, 2.75) is 13.8 Å². The molecule has 0 atom stereocenters. The number of pyridine rings is 1. The second-order valence-electron chi connectivity index (χ2n) is 5.88. The highest BCUT2D eigenvalue weighted by Gasteiger charge is 2.19. The van der Waals surface area contributed by atoms with Crippen molar-refractivity contribution in [2.75, 3.05) is 19.0 Å². The molecule has 1 heterocycles. The van der Waals surface area contributed by atoms with Gasteiger partial charge in [0.15, 0.2) is 0 Å². The summed E-state index contributed by atoms with van der Waals surface area (Å²) in [4.78, 5) is 16.8. The van der Waals surface area contributed by atoms with Crippen molar-refractivity contribution in [3.8, 4) is 5.75 Å². The van der Waals surface area contributed by atoms with Gasteiger partial charge in [-0.25, -0.2) is 9.18 Å². The third-order valence-electron chi connectivity index (χ3n) is 4.02. The highest BCUT2D eigenvalue weighted by atomic mass is 79.9. The molecule has 0 aliphatic rings. The number of nitrogens with one attached hydrogen (secondary N) is 1. The third kappa shape index (κ3) is 3.88. The Morgan fingerprint density at radius 1 is 1.30 bits per heavy atom. The third-order valence-corrected chi connectivity index (χ3v) is 4.64. The number of fused-ring (bicyclic) bond motifs is 1. The summed E-state index contributed by atoms with van der Waals surface area (Å²) in [7, 11) is 1.56. The molecule has 3 rings (SSSR count). The van der Waals surface area contributed by atoms with Crippen LogP contribution in [0.3, 0.4) is 0 Å². The van der Waals surface area contributed by atoms with Crippen molar-refractivity contribution < 1.29 is 18.7 Å². The van der Waals surface area contributed by atoms with Gasteiger partial charge in [0.05, 0.1) is 35.1 Å². The van der Waals surface area contributed by atoms with Gasteiger partial charge < -0.3 is 14.8 Å². The molecule has 0 saturated carbocycles. The number of esters is 1. The number of aryl methyl sites for hydroxylation is 1. The predicted molar refractivity (Wildman–Crippen MR) is 106 cm³/mol.